The van der Waals surface area contributed by atoms with Crippen LogP contribution < -0.4 is 20.5 Å². The second-order valence-corrected chi connectivity index (χ2v) is 6.43. The summed E-state index contributed by atoms with van der Waals surface area (Å²) >= 11 is 6.98. The molecule has 0 radical (unpaired) electrons. The highest BCUT2D eigenvalue weighted by molar-refractivity contribution is 9.13. The van der Waals surface area contributed by atoms with Gasteiger partial charge in [-0.1, -0.05) is 6.92 Å². The molecule has 4 N–H and O–H groups in total. The first-order chi connectivity index (χ1) is 10.9. The Hall–Kier alpha value is -0.830. The summed E-state index contributed by atoms with van der Waals surface area (Å²) in [6, 6.07) is 1.87. The summed E-state index contributed by atoms with van der Waals surface area (Å²) in [5, 5.41) is 12.5. The van der Waals surface area contributed by atoms with Crippen molar-refractivity contribution < 1.29 is 19.4 Å². The summed E-state index contributed by atoms with van der Waals surface area (Å²) in [7, 11) is 0. The van der Waals surface area contributed by atoms with Crippen molar-refractivity contribution in [2.75, 3.05) is 19.8 Å². The number of carbonyl (C=O) groups excluding carboxylic acids is 1. The van der Waals surface area contributed by atoms with Gasteiger partial charge in [0.05, 0.1) is 17.7 Å². The van der Waals surface area contributed by atoms with Gasteiger partial charge in [-0.25, -0.2) is 0 Å². The zero-order valence-electron chi connectivity index (χ0n) is 13.2. The molecule has 23 heavy (non-hydrogen) atoms. The van der Waals surface area contributed by atoms with E-state index in [0.717, 1.165) is 16.5 Å². The summed E-state index contributed by atoms with van der Waals surface area (Å²) in [5.41, 5.74) is 6.07. The molecule has 0 fully saturated rings. The van der Waals surface area contributed by atoms with Crippen LogP contribution in [0.25, 0.3) is 0 Å². The Bertz CT molecular complexity index is 537. The molecule has 0 aliphatic rings. The van der Waals surface area contributed by atoms with Gasteiger partial charge in [-0.3, -0.25) is 4.79 Å². The number of ether oxygens (including phenoxy) is 2. The van der Waals surface area contributed by atoms with Crippen molar-refractivity contribution in [1.29, 1.82) is 0 Å². The van der Waals surface area contributed by atoms with Crippen LogP contribution in [-0.2, 0) is 11.3 Å². The zero-order valence-corrected chi connectivity index (χ0v) is 16.4. The average Bonchev–Trinajstić information content (AvgIpc) is 2.52. The van der Waals surface area contributed by atoms with Gasteiger partial charge in [0.2, 0.25) is 0 Å². The number of benzene rings is 1. The van der Waals surface area contributed by atoms with Crippen LogP contribution in [0.1, 0.15) is 25.8 Å². The number of aliphatic hydroxyl groups excluding tert-OH is 1. The monoisotopic (exact) mass is 452 g/mol. The molecule has 0 spiro atoms. The Morgan fingerprint density at radius 2 is 2.04 bits per heavy atom. The molecule has 1 rings (SSSR count). The highest BCUT2D eigenvalue weighted by atomic mass is 79.9. The number of aliphatic hydroxyl groups is 1. The maximum Gasteiger partial charge on any atom is 0.255 e. The normalized spacial score (nSPS) is 12.0. The lowest BCUT2D eigenvalue weighted by Gasteiger charge is -2.19. The molecule has 0 bridgehead atoms. The van der Waals surface area contributed by atoms with Crippen LogP contribution >= 0.6 is 31.9 Å². The van der Waals surface area contributed by atoms with Crippen LogP contribution in [0.15, 0.2) is 15.0 Å². The van der Waals surface area contributed by atoms with Crippen LogP contribution in [-0.4, -0.2) is 36.9 Å². The van der Waals surface area contributed by atoms with Gasteiger partial charge in [0.1, 0.15) is 0 Å². The van der Waals surface area contributed by atoms with E-state index in [1.54, 1.807) is 0 Å². The Morgan fingerprint density at radius 3 is 2.57 bits per heavy atom. The molecule has 1 unspecified atom stereocenters. The van der Waals surface area contributed by atoms with Crippen molar-refractivity contribution in [3.05, 3.63) is 20.6 Å². The van der Waals surface area contributed by atoms with E-state index in [1.807, 2.05) is 19.9 Å². The first-order valence-corrected chi connectivity index (χ1v) is 8.92. The van der Waals surface area contributed by atoms with Gasteiger partial charge >= 0.3 is 0 Å². The summed E-state index contributed by atoms with van der Waals surface area (Å²) in [4.78, 5) is 10.9. The van der Waals surface area contributed by atoms with Gasteiger partial charge in [-0.05, 0) is 56.8 Å². The number of halogens is 2. The molecular formula is C15H22Br2N2O4. The zero-order chi connectivity index (χ0) is 17.4. The van der Waals surface area contributed by atoms with E-state index < -0.39 is 5.91 Å². The van der Waals surface area contributed by atoms with E-state index in [0.29, 0.717) is 29.1 Å². The van der Waals surface area contributed by atoms with Crippen molar-refractivity contribution in [2.24, 2.45) is 5.73 Å². The third kappa shape index (κ3) is 5.95. The van der Waals surface area contributed by atoms with Crippen molar-refractivity contribution in [1.82, 2.24) is 5.32 Å². The molecule has 1 aromatic carbocycles. The van der Waals surface area contributed by atoms with Crippen molar-refractivity contribution >= 4 is 37.8 Å². The molecule has 0 aromatic heterocycles. The number of hydrogen-bond acceptors (Lipinski definition) is 5. The number of carbonyl (C=O) groups is 1. The average molecular weight is 454 g/mol. The predicted molar refractivity (Wildman–Crippen MR) is 95.7 cm³/mol. The van der Waals surface area contributed by atoms with Crippen LogP contribution in [0, 0.1) is 0 Å². The van der Waals surface area contributed by atoms with Gasteiger partial charge in [-0.2, -0.15) is 0 Å². The van der Waals surface area contributed by atoms with E-state index in [2.05, 4.69) is 37.2 Å². The van der Waals surface area contributed by atoms with Crippen LogP contribution in [0.2, 0.25) is 0 Å². The summed E-state index contributed by atoms with van der Waals surface area (Å²) < 4.78 is 12.5. The lowest BCUT2D eigenvalue weighted by atomic mass is 10.1. The molecule has 6 nitrogen and oxygen atoms in total. The number of hydrogen-bond donors (Lipinski definition) is 3. The Morgan fingerprint density at radius 1 is 1.35 bits per heavy atom. The van der Waals surface area contributed by atoms with Gasteiger partial charge in [-0.15, -0.1) is 0 Å². The third-order valence-electron chi connectivity index (χ3n) is 3.16. The second-order valence-electron chi connectivity index (χ2n) is 4.85. The summed E-state index contributed by atoms with van der Waals surface area (Å²) in [5.74, 6) is 0.392. The fraction of sp³-hybridized carbons (Fsp3) is 0.533. The Kier molecular flexibility index (Phi) is 8.90. The molecular weight excluding hydrogens is 432 g/mol. The standard InChI is InChI=1S/C15H22Br2N2O4/c1-3-10(7-20)19-6-9-5-11(22-4-2)15(14(17)13(9)16)23-8-12(18)21/h5,10,19-20H,3-4,6-8H2,1-2H3,(H2,18,21). The molecule has 1 aromatic rings. The lowest BCUT2D eigenvalue weighted by molar-refractivity contribution is -0.119. The van der Waals surface area contributed by atoms with Gasteiger partial charge in [0.15, 0.2) is 18.1 Å². The SMILES string of the molecule is CCOc1cc(CNC(CC)CO)c(Br)c(Br)c1OCC(N)=O. The van der Waals surface area contributed by atoms with Crippen LogP contribution in [0.5, 0.6) is 11.5 Å². The van der Waals surface area contributed by atoms with E-state index in [-0.39, 0.29) is 19.3 Å². The fourth-order valence-electron chi connectivity index (χ4n) is 1.90. The molecule has 1 amide bonds. The Labute approximate surface area is 153 Å². The minimum Gasteiger partial charge on any atom is -0.490 e. The molecule has 8 heteroatoms. The molecule has 0 heterocycles. The van der Waals surface area contributed by atoms with Crippen LogP contribution in [0.3, 0.4) is 0 Å². The smallest absolute Gasteiger partial charge is 0.255 e. The molecule has 130 valence electrons. The molecule has 0 saturated carbocycles. The molecule has 1 atom stereocenters. The molecule has 0 aliphatic heterocycles. The minimum absolute atomic E-state index is 0.0296. The maximum absolute atomic E-state index is 10.9. The maximum atomic E-state index is 10.9. The summed E-state index contributed by atoms with van der Waals surface area (Å²) in [6.45, 7) is 4.73. The van der Waals surface area contributed by atoms with E-state index >= 15 is 0 Å². The van der Waals surface area contributed by atoms with E-state index in [1.165, 1.54) is 0 Å². The number of primary amides is 1. The predicted octanol–water partition coefficient (Wildman–Crippen LogP) is 2.33. The fourth-order valence-corrected chi connectivity index (χ4v) is 2.90. The summed E-state index contributed by atoms with van der Waals surface area (Å²) in [6.07, 6.45) is 0.827. The topological polar surface area (TPSA) is 93.8 Å². The molecule has 0 aliphatic carbocycles. The largest absolute Gasteiger partial charge is 0.490 e. The van der Waals surface area contributed by atoms with Crippen molar-refractivity contribution in [3.63, 3.8) is 0 Å². The first kappa shape index (κ1) is 20.2. The number of nitrogens with two attached hydrogens (primary N) is 1. The molecule has 0 saturated heterocycles. The van der Waals surface area contributed by atoms with Crippen molar-refractivity contribution in [2.45, 2.75) is 32.9 Å². The van der Waals surface area contributed by atoms with Gasteiger partial charge < -0.3 is 25.6 Å². The number of rotatable bonds is 10. The second kappa shape index (κ2) is 10.1. The minimum atomic E-state index is -0.560. The van der Waals surface area contributed by atoms with Gasteiger partial charge in [0.25, 0.3) is 5.91 Å². The van der Waals surface area contributed by atoms with E-state index in [4.69, 9.17) is 15.2 Å². The number of amides is 1. The van der Waals surface area contributed by atoms with Crippen molar-refractivity contribution in [3.8, 4) is 11.5 Å². The Balaban J connectivity index is 3.06. The first-order valence-electron chi connectivity index (χ1n) is 7.33. The third-order valence-corrected chi connectivity index (χ3v) is 5.35. The number of nitrogens with one attached hydrogen (secondary N) is 1. The highest BCUT2D eigenvalue weighted by Crippen LogP contribution is 2.42. The quantitative estimate of drug-likeness (QED) is 0.505. The van der Waals surface area contributed by atoms with Crippen LogP contribution in [0.4, 0.5) is 0 Å². The lowest BCUT2D eigenvalue weighted by Crippen LogP contribution is -2.31. The highest BCUT2D eigenvalue weighted by Gasteiger charge is 2.18. The van der Waals surface area contributed by atoms with E-state index in [9.17, 15) is 9.90 Å². The van der Waals surface area contributed by atoms with Gasteiger partial charge in [0, 0.05) is 17.1 Å².